The van der Waals surface area contributed by atoms with Gasteiger partial charge in [0, 0.05) is 5.92 Å². The number of allylic oxidation sites excluding steroid dienone is 1. The van der Waals surface area contributed by atoms with Crippen molar-refractivity contribution in [2.45, 2.75) is 98.8 Å². The van der Waals surface area contributed by atoms with E-state index < -0.39 is 0 Å². The Bertz CT molecular complexity index is 550. The molecular weight excluding hydrogens is 328 g/mol. The number of ketones is 1. The summed E-state index contributed by atoms with van der Waals surface area (Å²) in [6.07, 6.45) is 14.8. The summed E-state index contributed by atoms with van der Waals surface area (Å²) < 4.78 is 0. The van der Waals surface area contributed by atoms with Gasteiger partial charge in [-0.2, -0.15) is 0 Å². The van der Waals surface area contributed by atoms with Crippen molar-refractivity contribution in [3.63, 3.8) is 0 Å². The van der Waals surface area contributed by atoms with E-state index in [9.17, 15) is 4.79 Å². The summed E-state index contributed by atoms with van der Waals surface area (Å²) in [6.45, 7) is 16.2. The van der Waals surface area contributed by atoms with Crippen LogP contribution in [0.1, 0.15) is 98.8 Å². The Morgan fingerprint density at radius 1 is 1.15 bits per heavy atom. The third-order valence-corrected chi connectivity index (χ3v) is 10.0. The van der Waals surface area contributed by atoms with Crippen LogP contribution in [0.2, 0.25) is 0 Å². The van der Waals surface area contributed by atoms with Gasteiger partial charge in [0.05, 0.1) is 0 Å². The summed E-state index contributed by atoms with van der Waals surface area (Å²) in [6, 6.07) is 0. The van der Waals surface area contributed by atoms with Crippen molar-refractivity contribution in [2.75, 3.05) is 0 Å². The highest BCUT2D eigenvalue weighted by atomic mass is 16.1. The van der Waals surface area contributed by atoms with E-state index >= 15 is 0 Å². The lowest BCUT2D eigenvalue weighted by atomic mass is 9.42. The summed E-state index contributed by atoms with van der Waals surface area (Å²) in [5.41, 5.74) is 0.728. The molecule has 0 N–H and O–H groups in total. The van der Waals surface area contributed by atoms with E-state index in [1.54, 1.807) is 6.08 Å². The molecule has 3 rings (SSSR count). The molecule has 0 aliphatic heterocycles. The third kappa shape index (κ3) is 3.58. The average Bonchev–Trinajstić information content (AvgIpc) is 2.67. The predicted octanol–water partition coefficient (Wildman–Crippen LogP) is 7.45. The normalized spacial score (nSPS) is 45.4. The van der Waals surface area contributed by atoms with Crippen LogP contribution >= 0.6 is 0 Å². The van der Waals surface area contributed by atoms with Crippen molar-refractivity contribution in [1.29, 1.82) is 0 Å². The first kappa shape index (κ1) is 21.1. The van der Waals surface area contributed by atoms with Crippen LogP contribution in [0.3, 0.4) is 0 Å². The average molecular weight is 373 g/mol. The van der Waals surface area contributed by atoms with E-state index in [1.165, 1.54) is 57.8 Å². The molecule has 0 spiro atoms. The molecule has 1 nitrogen and oxygen atoms in total. The molecular formula is C26H44O. The first-order valence-electron chi connectivity index (χ1n) is 11.9. The molecule has 3 saturated carbocycles. The summed E-state index contributed by atoms with van der Waals surface area (Å²) in [5, 5.41) is 0. The van der Waals surface area contributed by atoms with Gasteiger partial charge in [-0.1, -0.05) is 60.5 Å². The fraction of sp³-hybridized carbons (Fsp3) is 0.885. The van der Waals surface area contributed by atoms with Crippen LogP contribution in [0, 0.1) is 46.3 Å². The van der Waals surface area contributed by atoms with Gasteiger partial charge < -0.3 is 0 Å². The van der Waals surface area contributed by atoms with Crippen LogP contribution in [0.5, 0.6) is 0 Å². The van der Waals surface area contributed by atoms with Gasteiger partial charge in [0.25, 0.3) is 0 Å². The largest absolute Gasteiger partial charge is 0.295 e. The number of carbonyl (C=O) groups excluding carboxylic acids is 1. The minimum atomic E-state index is 0.225. The molecule has 1 heteroatoms. The third-order valence-electron chi connectivity index (χ3n) is 10.0. The maximum atomic E-state index is 12.7. The lowest BCUT2D eigenvalue weighted by molar-refractivity contribution is -0.147. The molecule has 0 aromatic carbocycles. The second kappa shape index (κ2) is 8.03. The number of hydrogen-bond acceptors (Lipinski definition) is 1. The van der Waals surface area contributed by atoms with Gasteiger partial charge in [-0.3, -0.25) is 4.79 Å². The second-order valence-electron chi connectivity index (χ2n) is 11.0. The Labute approximate surface area is 168 Å². The zero-order chi connectivity index (χ0) is 19.8. The molecule has 3 aliphatic rings. The molecule has 0 amide bonds. The first-order valence-corrected chi connectivity index (χ1v) is 11.9. The monoisotopic (exact) mass is 372 g/mol. The van der Waals surface area contributed by atoms with Gasteiger partial charge in [0.2, 0.25) is 0 Å². The summed E-state index contributed by atoms with van der Waals surface area (Å²) in [7, 11) is 0. The maximum Gasteiger partial charge on any atom is 0.158 e. The van der Waals surface area contributed by atoms with Crippen molar-refractivity contribution >= 4 is 5.78 Å². The summed E-state index contributed by atoms with van der Waals surface area (Å²) in [4.78, 5) is 12.7. The Balaban J connectivity index is 1.85. The number of fused-ring (bicyclic) bond motifs is 3. The van der Waals surface area contributed by atoms with Gasteiger partial charge in [-0.05, 0) is 91.4 Å². The molecule has 0 saturated heterocycles. The number of hydrogen-bond donors (Lipinski definition) is 0. The number of rotatable bonds is 6. The van der Waals surface area contributed by atoms with Gasteiger partial charge in [0.15, 0.2) is 5.78 Å². The van der Waals surface area contributed by atoms with Crippen molar-refractivity contribution in [3.05, 3.63) is 12.7 Å². The Morgan fingerprint density at radius 2 is 1.89 bits per heavy atom. The van der Waals surface area contributed by atoms with E-state index in [0.29, 0.717) is 11.2 Å². The first-order chi connectivity index (χ1) is 12.8. The van der Waals surface area contributed by atoms with E-state index in [1.807, 2.05) is 0 Å². The topological polar surface area (TPSA) is 17.1 Å². The van der Waals surface area contributed by atoms with E-state index in [-0.39, 0.29) is 11.3 Å². The van der Waals surface area contributed by atoms with Gasteiger partial charge in [0.1, 0.15) is 0 Å². The molecule has 0 radical (unpaired) electrons. The summed E-state index contributed by atoms with van der Waals surface area (Å²) >= 11 is 0. The highest BCUT2D eigenvalue weighted by Crippen LogP contribution is 2.65. The quantitative estimate of drug-likeness (QED) is 0.442. The molecule has 3 aliphatic carbocycles. The molecule has 8 atom stereocenters. The highest BCUT2D eigenvalue weighted by molar-refractivity contribution is 5.91. The highest BCUT2D eigenvalue weighted by Gasteiger charge is 2.58. The summed E-state index contributed by atoms with van der Waals surface area (Å²) in [5.74, 6) is 4.75. The molecule has 154 valence electrons. The van der Waals surface area contributed by atoms with Crippen LogP contribution < -0.4 is 0 Å². The van der Waals surface area contributed by atoms with E-state index in [4.69, 9.17) is 0 Å². The van der Waals surface area contributed by atoms with E-state index in [0.717, 1.165) is 36.0 Å². The smallest absolute Gasteiger partial charge is 0.158 e. The van der Waals surface area contributed by atoms with Gasteiger partial charge in [-0.25, -0.2) is 0 Å². The fourth-order valence-electron chi connectivity index (χ4n) is 7.65. The predicted molar refractivity (Wildman–Crippen MR) is 116 cm³/mol. The van der Waals surface area contributed by atoms with Crippen LogP contribution in [0.15, 0.2) is 12.7 Å². The standard InChI is InChI=1S/C26H44O/c1-7-18(3)14-16-25(5)19(4)12-13-20-21-10-9-11-23(24(27)8-2)26(21,6)17-15-22(20)25/h8,18-23H,2,7,9-17H2,1,3-6H3. The van der Waals surface area contributed by atoms with Gasteiger partial charge in [-0.15, -0.1) is 0 Å². The van der Waals surface area contributed by atoms with E-state index in [2.05, 4.69) is 41.2 Å². The van der Waals surface area contributed by atoms with Crippen LogP contribution in [-0.4, -0.2) is 5.78 Å². The SMILES string of the molecule is C=CC(=O)C1CCCC2C3CCC(C)C(C)(CCC(C)CC)C3CCC12C. The fourth-order valence-corrected chi connectivity index (χ4v) is 7.65. The van der Waals surface area contributed by atoms with Crippen molar-refractivity contribution < 1.29 is 4.79 Å². The lowest BCUT2D eigenvalue weighted by Gasteiger charge is -2.62. The lowest BCUT2D eigenvalue weighted by Crippen LogP contribution is -2.55. The number of carbonyl (C=O) groups is 1. The van der Waals surface area contributed by atoms with Crippen molar-refractivity contribution in [3.8, 4) is 0 Å². The molecule has 0 aromatic heterocycles. The Hall–Kier alpha value is -0.590. The second-order valence-corrected chi connectivity index (χ2v) is 11.0. The molecule has 0 bridgehead atoms. The van der Waals surface area contributed by atoms with Crippen molar-refractivity contribution in [2.24, 2.45) is 46.3 Å². The van der Waals surface area contributed by atoms with Crippen LogP contribution in [0.4, 0.5) is 0 Å². The zero-order valence-electron chi connectivity index (χ0n) is 18.7. The van der Waals surface area contributed by atoms with Crippen molar-refractivity contribution in [1.82, 2.24) is 0 Å². The minimum Gasteiger partial charge on any atom is -0.295 e. The molecule has 0 aromatic rings. The Kier molecular flexibility index (Phi) is 6.29. The maximum absolute atomic E-state index is 12.7. The molecule has 0 heterocycles. The zero-order valence-corrected chi connectivity index (χ0v) is 18.7. The minimum absolute atomic E-state index is 0.225. The Morgan fingerprint density at radius 3 is 2.56 bits per heavy atom. The van der Waals surface area contributed by atoms with Crippen LogP contribution in [-0.2, 0) is 4.79 Å². The molecule has 27 heavy (non-hydrogen) atoms. The van der Waals surface area contributed by atoms with Gasteiger partial charge >= 0.3 is 0 Å². The van der Waals surface area contributed by atoms with Crippen LogP contribution in [0.25, 0.3) is 0 Å². The molecule has 8 unspecified atom stereocenters. The molecule has 3 fully saturated rings.